The van der Waals surface area contributed by atoms with Crippen molar-refractivity contribution in [2.24, 2.45) is 0 Å². The van der Waals surface area contributed by atoms with Crippen LogP contribution in [0.1, 0.15) is 6.92 Å². The number of pyridine rings is 1. The van der Waals surface area contributed by atoms with Crippen LogP contribution in [0.4, 0.5) is 22.0 Å². The topological polar surface area (TPSA) is 118 Å². The fourth-order valence-electron chi connectivity index (χ4n) is 2.39. The first-order valence-corrected chi connectivity index (χ1v) is 10.7. The van der Waals surface area contributed by atoms with E-state index in [9.17, 15) is 30.4 Å². The first kappa shape index (κ1) is 24.7. The first-order chi connectivity index (χ1) is 14.1. The van der Waals surface area contributed by atoms with E-state index in [0.29, 0.717) is 0 Å². The molecule has 0 fully saturated rings. The minimum atomic E-state index is -4.97. The molecule has 3 aromatic rings. The molecular weight excluding hydrogens is 471 g/mol. The average Bonchev–Trinajstić information content (AvgIpc) is 3.13. The number of alkyl halides is 5. The van der Waals surface area contributed by atoms with Crippen molar-refractivity contribution in [2.75, 3.05) is 12.4 Å². The van der Waals surface area contributed by atoms with E-state index in [1.54, 1.807) is 6.92 Å². The minimum Gasteiger partial charge on any atom is -0.486 e. The Morgan fingerprint density at radius 1 is 1.19 bits per heavy atom. The van der Waals surface area contributed by atoms with Crippen LogP contribution in [0.25, 0.3) is 17.0 Å². The summed E-state index contributed by atoms with van der Waals surface area (Å²) < 4.78 is 92.8. The molecule has 0 bridgehead atoms. The Morgan fingerprint density at radius 3 is 2.52 bits per heavy atom. The van der Waals surface area contributed by atoms with Crippen molar-refractivity contribution in [1.29, 1.82) is 0 Å². The number of ether oxygens (including phenoxy) is 1. The Morgan fingerprint density at radius 2 is 1.90 bits per heavy atom. The molecule has 170 valence electrons. The van der Waals surface area contributed by atoms with Crippen molar-refractivity contribution >= 4 is 27.2 Å². The number of hydrogen-bond donors (Lipinski definition) is 0. The largest absolute Gasteiger partial charge is 0.486 e. The van der Waals surface area contributed by atoms with Crippen LogP contribution < -0.4 is 4.74 Å². The van der Waals surface area contributed by atoms with Crippen LogP contribution in [0.3, 0.4) is 0 Å². The van der Waals surface area contributed by atoms with E-state index in [1.807, 2.05) is 0 Å². The Labute approximate surface area is 176 Å². The molecule has 2 N–H and O–H groups in total. The molecule has 0 aromatic carbocycles. The second-order valence-corrected chi connectivity index (χ2v) is 8.81. The molecule has 0 spiro atoms. The van der Waals surface area contributed by atoms with Crippen molar-refractivity contribution < 1.29 is 40.6 Å². The lowest BCUT2D eigenvalue weighted by Crippen LogP contribution is -2.17. The van der Waals surface area contributed by atoms with E-state index >= 15 is 0 Å². The number of nitrogens with zero attached hydrogens (tertiary/aromatic N) is 4. The first-order valence-electron chi connectivity index (χ1n) is 8.23. The van der Waals surface area contributed by atoms with Crippen LogP contribution in [-0.4, -0.2) is 57.5 Å². The molecule has 0 amide bonds. The summed E-state index contributed by atoms with van der Waals surface area (Å²) in [6.07, 6.45) is 0.857. The molecule has 8 nitrogen and oxygen atoms in total. The van der Waals surface area contributed by atoms with Crippen LogP contribution in [-0.2, 0) is 21.6 Å². The summed E-state index contributed by atoms with van der Waals surface area (Å²) >= 11 is 0. The van der Waals surface area contributed by atoms with Gasteiger partial charge in [-0.15, -0.1) is 0 Å². The van der Waals surface area contributed by atoms with Gasteiger partial charge in [0.1, 0.15) is 40.7 Å². The smallest absolute Gasteiger partial charge is 0.477 e. The summed E-state index contributed by atoms with van der Waals surface area (Å²) in [5.74, 6) is 0.181. The van der Waals surface area contributed by atoms with E-state index in [2.05, 4.69) is 15.0 Å². The molecule has 15 heteroatoms. The van der Waals surface area contributed by atoms with Crippen LogP contribution in [0.5, 0.6) is 5.75 Å². The van der Waals surface area contributed by atoms with E-state index in [0.717, 1.165) is 18.6 Å². The molecule has 0 aliphatic rings. The fourth-order valence-corrected chi connectivity index (χ4v) is 3.92. The van der Waals surface area contributed by atoms with Crippen molar-refractivity contribution in [3.63, 3.8) is 0 Å². The van der Waals surface area contributed by atoms with Gasteiger partial charge in [-0.05, 0) is 0 Å². The zero-order valence-corrected chi connectivity index (χ0v) is 17.2. The van der Waals surface area contributed by atoms with Crippen molar-refractivity contribution in [3.05, 3.63) is 30.9 Å². The maximum atomic E-state index is 12.7. The molecule has 0 saturated heterocycles. The Hall–Kier alpha value is -2.52. The zero-order valence-electron chi connectivity index (χ0n) is 15.6. The van der Waals surface area contributed by atoms with Crippen LogP contribution in [0.2, 0.25) is 0 Å². The van der Waals surface area contributed by atoms with Gasteiger partial charge in [0.2, 0.25) is 0 Å². The van der Waals surface area contributed by atoms with Gasteiger partial charge in [0.25, 0.3) is 6.43 Å². The maximum Gasteiger partial charge on any atom is 0.477 e. The van der Waals surface area contributed by atoms with Gasteiger partial charge in [-0.25, -0.2) is 27.9 Å². The summed E-state index contributed by atoms with van der Waals surface area (Å²) in [6, 6.07) is 2.22. The van der Waals surface area contributed by atoms with E-state index in [4.69, 9.17) is 4.74 Å². The van der Waals surface area contributed by atoms with Gasteiger partial charge >= 0.3 is 5.51 Å². The zero-order chi connectivity index (χ0) is 22.1. The number of hydrogen-bond acceptors (Lipinski definition) is 6. The molecule has 0 radical (unpaired) electrons. The number of imidazole rings is 1. The number of rotatable bonds is 7. The number of fused-ring (bicyclic) bond motifs is 1. The van der Waals surface area contributed by atoms with E-state index in [1.165, 1.54) is 16.7 Å². The molecule has 31 heavy (non-hydrogen) atoms. The monoisotopic (exact) mass is 486 g/mol. The summed E-state index contributed by atoms with van der Waals surface area (Å²) in [5, 5.41) is -0.715. The molecule has 2 unspecified atom stereocenters. The summed E-state index contributed by atoms with van der Waals surface area (Å²) in [7, 11) is -4.89. The molecule has 0 aliphatic heterocycles. The number of aromatic nitrogens is 4. The van der Waals surface area contributed by atoms with Gasteiger partial charge < -0.3 is 10.2 Å². The fraction of sp³-hybridized carbons (Fsp3) is 0.312. The highest BCUT2D eigenvalue weighted by Gasteiger charge is 2.39. The third-order valence-corrected chi connectivity index (χ3v) is 6.03. The van der Waals surface area contributed by atoms with Crippen molar-refractivity contribution in [3.8, 4) is 17.1 Å². The minimum absolute atomic E-state index is 0. The third kappa shape index (κ3) is 5.59. The predicted octanol–water partition coefficient (Wildman–Crippen LogP) is 2.37. The average molecular weight is 486 g/mol. The summed E-state index contributed by atoms with van der Waals surface area (Å²) in [5.41, 5.74) is -4.66. The van der Waals surface area contributed by atoms with Gasteiger partial charge in [-0.1, -0.05) is 6.92 Å². The molecule has 3 rings (SSSR count). The van der Waals surface area contributed by atoms with Crippen LogP contribution >= 0.6 is 0 Å². The molecule has 3 heterocycles. The standard InChI is InChI=1S/C16H13F5N4O3S2.H2O/c1-2-29(26)11-3-9(28-7-12(17)18)5-22-15(11)10-6-25-8-23-14(4-13(25)24-10)30(27)16(19,20)21;/h3-6,8,12H,2,7H2,1H3;1H2. The van der Waals surface area contributed by atoms with E-state index < -0.39 is 45.2 Å². The lowest BCUT2D eigenvalue weighted by Gasteiger charge is -2.09. The maximum absolute atomic E-state index is 12.7. The lowest BCUT2D eigenvalue weighted by molar-refractivity contribution is -0.0386. The molecule has 2 atom stereocenters. The second-order valence-electron chi connectivity index (χ2n) is 5.69. The molecular formula is C16H15F5N4O4S2. The van der Waals surface area contributed by atoms with Gasteiger partial charge in [-0.3, -0.25) is 8.61 Å². The SMILES string of the molecule is CCS(=O)c1cc(OCC(F)F)cnc1-c1cn2cnc(S(=O)C(F)(F)F)cc2n1.O. The molecule has 0 saturated carbocycles. The highest BCUT2D eigenvalue weighted by atomic mass is 32.2. The van der Waals surface area contributed by atoms with Gasteiger partial charge in [0, 0.05) is 24.1 Å². The quantitative estimate of drug-likeness (QED) is 0.374. The predicted molar refractivity (Wildman–Crippen MR) is 101 cm³/mol. The normalized spacial score (nSPS) is 13.8. The second kappa shape index (κ2) is 9.74. The highest BCUT2D eigenvalue weighted by molar-refractivity contribution is 7.85. The molecule has 3 aromatic heterocycles. The molecule has 0 aliphatic carbocycles. The lowest BCUT2D eigenvalue weighted by atomic mass is 10.3. The van der Waals surface area contributed by atoms with Crippen molar-refractivity contribution in [2.45, 2.75) is 28.8 Å². The Kier molecular flexibility index (Phi) is 7.77. The summed E-state index contributed by atoms with van der Waals surface area (Å²) in [4.78, 5) is 11.9. The van der Waals surface area contributed by atoms with E-state index in [-0.39, 0.29) is 38.9 Å². The Bertz CT molecular complexity index is 1120. The van der Waals surface area contributed by atoms with Crippen molar-refractivity contribution in [1.82, 2.24) is 19.4 Å². The van der Waals surface area contributed by atoms with Gasteiger partial charge in [-0.2, -0.15) is 13.2 Å². The van der Waals surface area contributed by atoms with Crippen LogP contribution in [0, 0.1) is 0 Å². The highest BCUT2D eigenvalue weighted by Crippen LogP contribution is 2.29. The summed E-state index contributed by atoms with van der Waals surface area (Å²) in [6.45, 7) is 0.775. The Balaban J connectivity index is 0.00000341. The van der Waals surface area contributed by atoms with Gasteiger partial charge in [0.15, 0.2) is 10.8 Å². The van der Waals surface area contributed by atoms with Crippen LogP contribution in [0.15, 0.2) is 40.8 Å². The third-order valence-electron chi connectivity index (χ3n) is 3.68. The van der Waals surface area contributed by atoms with Gasteiger partial charge in [0.05, 0.1) is 21.9 Å². The number of halogens is 5.